The zero-order chi connectivity index (χ0) is 8.27. The molecule has 0 aromatic rings. The van der Waals surface area contributed by atoms with Gasteiger partial charge in [0.25, 0.3) is 0 Å². The zero-order valence-corrected chi connectivity index (χ0v) is 6.33. The van der Waals surface area contributed by atoms with E-state index < -0.39 is 18.0 Å². The molecule has 1 saturated heterocycles. The first-order valence-corrected chi connectivity index (χ1v) is 3.54. The molecule has 62 valence electrons. The number of hydrogen-bond donors (Lipinski definition) is 0. The van der Waals surface area contributed by atoms with Gasteiger partial charge in [-0.2, -0.15) is 0 Å². The summed E-state index contributed by atoms with van der Waals surface area (Å²) >= 11 is 0. The van der Waals surface area contributed by atoms with E-state index in [1.807, 2.05) is 0 Å². The minimum absolute atomic E-state index is 0.425. The van der Waals surface area contributed by atoms with Crippen molar-refractivity contribution >= 4 is 11.9 Å². The molecule has 0 amide bonds. The second-order valence-corrected chi connectivity index (χ2v) is 2.41. The Bertz CT molecular complexity index is 175. The first kappa shape index (κ1) is 8.04. The molecule has 0 saturated carbocycles. The molecule has 0 bridgehead atoms. The number of esters is 2. The fourth-order valence-corrected chi connectivity index (χ4v) is 0.960. The molecule has 0 N–H and O–H groups in total. The maximum atomic E-state index is 10.8. The number of cyclic esters (lactones) is 1. The van der Waals surface area contributed by atoms with Crippen molar-refractivity contribution in [2.45, 2.75) is 25.9 Å². The fourth-order valence-electron chi connectivity index (χ4n) is 0.960. The molecule has 1 heterocycles. The normalized spacial score (nSPS) is 24.1. The van der Waals surface area contributed by atoms with Gasteiger partial charge in [0, 0.05) is 6.92 Å². The highest BCUT2D eigenvalue weighted by Gasteiger charge is 2.26. The van der Waals surface area contributed by atoms with Crippen LogP contribution in [0.3, 0.4) is 0 Å². The van der Waals surface area contributed by atoms with E-state index in [4.69, 9.17) is 0 Å². The van der Waals surface area contributed by atoms with Gasteiger partial charge in [0.2, 0.25) is 0 Å². The molecule has 1 unspecified atom stereocenters. The Kier molecular flexibility index (Phi) is 2.46. The fraction of sp³-hybridized carbons (Fsp3) is 0.714. The van der Waals surface area contributed by atoms with Crippen molar-refractivity contribution in [1.29, 1.82) is 0 Å². The number of hydrogen-bond acceptors (Lipinski definition) is 4. The highest BCUT2D eigenvalue weighted by atomic mass is 16.6. The van der Waals surface area contributed by atoms with Crippen molar-refractivity contribution in [3.05, 3.63) is 0 Å². The van der Waals surface area contributed by atoms with Crippen LogP contribution in [0.1, 0.15) is 19.8 Å². The van der Waals surface area contributed by atoms with Crippen molar-refractivity contribution in [2.75, 3.05) is 6.61 Å². The number of rotatable bonds is 1. The van der Waals surface area contributed by atoms with E-state index in [1.165, 1.54) is 6.92 Å². The molecule has 1 aliphatic rings. The van der Waals surface area contributed by atoms with E-state index in [0.717, 1.165) is 6.42 Å². The van der Waals surface area contributed by atoms with Crippen LogP contribution in [0.25, 0.3) is 0 Å². The average molecular weight is 158 g/mol. The van der Waals surface area contributed by atoms with Crippen LogP contribution in [0.5, 0.6) is 0 Å². The molecule has 0 aromatic carbocycles. The second kappa shape index (κ2) is 3.37. The Morgan fingerprint density at radius 2 is 2.45 bits per heavy atom. The summed E-state index contributed by atoms with van der Waals surface area (Å²) in [6.45, 7) is 1.72. The zero-order valence-electron chi connectivity index (χ0n) is 6.33. The van der Waals surface area contributed by atoms with Gasteiger partial charge >= 0.3 is 11.9 Å². The Balaban J connectivity index is 2.42. The van der Waals surface area contributed by atoms with Crippen molar-refractivity contribution < 1.29 is 19.1 Å². The van der Waals surface area contributed by atoms with Gasteiger partial charge in [-0.3, -0.25) is 4.79 Å². The summed E-state index contributed by atoms with van der Waals surface area (Å²) in [6.07, 6.45) is 0.684. The van der Waals surface area contributed by atoms with Gasteiger partial charge in [0.1, 0.15) is 0 Å². The third kappa shape index (κ3) is 2.22. The van der Waals surface area contributed by atoms with E-state index in [-0.39, 0.29) is 0 Å². The summed E-state index contributed by atoms with van der Waals surface area (Å²) in [6, 6.07) is 0. The lowest BCUT2D eigenvalue weighted by molar-refractivity contribution is -0.171. The van der Waals surface area contributed by atoms with Crippen LogP contribution in [0.15, 0.2) is 0 Å². The summed E-state index contributed by atoms with van der Waals surface area (Å²) in [5.74, 6) is -0.861. The van der Waals surface area contributed by atoms with Crippen molar-refractivity contribution in [2.24, 2.45) is 0 Å². The monoisotopic (exact) mass is 158 g/mol. The van der Waals surface area contributed by atoms with Crippen molar-refractivity contribution in [1.82, 2.24) is 0 Å². The van der Waals surface area contributed by atoms with Gasteiger partial charge in [-0.1, -0.05) is 0 Å². The van der Waals surface area contributed by atoms with E-state index >= 15 is 0 Å². The Morgan fingerprint density at radius 1 is 1.73 bits per heavy atom. The summed E-state index contributed by atoms with van der Waals surface area (Å²) in [4.78, 5) is 21.3. The third-order valence-corrected chi connectivity index (χ3v) is 1.43. The predicted octanol–water partition coefficient (Wildman–Crippen LogP) is 0.255. The smallest absolute Gasteiger partial charge is 0.347 e. The van der Waals surface area contributed by atoms with Gasteiger partial charge in [-0.25, -0.2) is 4.79 Å². The largest absolute Gasteiger partial charge is 0.463 e. The van der Waals surface area contributed by atoms with Crippen LogP contribution < -0.4 is 0 Å². The second-order valence-electron chi connectivity index (χ2n) is 2.41. The molecule has 0 spiro atoms. The van der Waals surface area contributed by atoms with Gasteiger partial charge in [0.05, 0.1) is 6.61 Å². The van der Waals surface area contributed by atoms with Gasteiger partial charge < -0.3 is 9.47 Å². The van der Waals surface area contributed by atoms with Gasteiger partial charge in [-0.05, 0) is 12.8 Å². The van der Waals surface area contributed by atoms with Crippen LogP contribution in [0.4, 0.5) is 0 Å². The lowest BCUT2D eigenvalue weighted by Crippen LogP contribution is -2.32. The number of ether oxygens (including phenoxy) is 2. The molecule has 1 atom stereocenters. The molecular weight excluding hydrogens is 148 g/mol. The topological polar surface area (TPSA) is 52.6 Å². The molecule has 4 nitrogen and oxygen atoms in total. The Labute approximate surface area is 64.5 Å². The first-order chi connectivity index (χ1) is 5.20. The van der Waals surface area contributed by atoms with Crippen molar-refractivity contribution in [3.63, 3.8) is 0 Å². The summed E-state index contributed by atoms with van der Waals surface area (Å²) in [7, 11) is 0. The number of carbonyl (C=O) groups excluding carboxylic acids is 2. The third-order valence-electron chi connectivity index (χ3n) is 1.43. The molecule has 1 aliphatic heterocycles. The molecule has 0 aromatic heterocycles. The van der Waals surface area contributed by atoms with Crippen LogP contribution in [-0.2, 0) is 19.1 Å². The minimum Gasteiger partial charge on any atom is -0.463 e. The van der Waals surface area contributed by atoms with E-state index in [1.54, 1.807) is 0 Å². The van der Waals surface area contributed by atoms with Gasteiger partial charge in [0.15, 0.2) is 6.10 Å². The SMILES string of the molecule is CC(=O)OC1CCCOC1=O. The molecule has 0 aliphatic carbocycles. The van der Waals surface area contributed by atoms with E-state index in [9.17, 15) is 9.59 Å². The maximum absolute atomic E-state index is 10.8. The standard InChI is InChI=1S/C7H10O4/c1-5(8)11-6-3-2-4-10-7(6)9/h6H,2-4H2,1H3. The highest BCUT2D eigenvalue weighted by Crippen LogP contribution is 2.11. The molecule has 0 radical (unpaired) electrons. The summed E-state index contributed by atoms with van der Waals surface area (Å²) in [5.41, 5.74) is 0. The van der Waals surface area contributed by atoms with Crippen LogP contribution in [-0.4, -0.2) is 24.6 Å². The molecule has 1 fully saturated rings. The van der Waals surface area contributed by atoms with E-state index in [0.29, 0.717) is 13.0 Å². The van der Waals surface area contributed by atoms with Crippen molar-refractivity contribution in [3.8, 4) is 0 Å². The van der Waals surface area contributed by atoms with E-state index in [2.05, 4.69) is 9.47 Å². The maximum Gasteiger partial charge on any atom is 0.347 e. The van der Waals surface area contributed by atoms with Crippen LogP contribution in [0.2, 0.25) is 0 Å². The summed E-state index contributed by atoms with van der Waals surface area (Å²) in [5, 5.41) is 0. The predicted molar refractivity (Wildman–Crippen MR) is 35.7 cm³/mol. The van der Waals surface area contributed by atoms with Crippen LogP contribution >= 0.6 is 0 Å². The Morgan fingerprint density at radius 3 is 3.00 bits per heavy atom. The summed E-state index contributed by atoms with van der Waals surface area (Å²) < 4.78 is 9.37. The Hall–Kier alpha value is -1.06. The lowest BCUT2D eigenvalue weighted by atomic mass is 10.2. The molecule has 11 heavy (non-hydrogen) atoms. The molecule has 1 rings (SSSR count). The average Bonchev–Trinajstić information content (AvgIpc) is 1.93. The minimum atomic E-state index is -0.666. The molecule has 4 heteroatoms. The van der Waals surface area contributed by atoms with Gasteiger partial charge in [-0.15, -0.1) is 0 Å². The quantitative estimate of drug-likeness (QED) is 0.513. The van der Waals surface area contributed by atoms with Crippen LogP contribution in [0, 0.1) is 0 Å². The lowest BCUT2D eigenvalue weighted by Gasteiger charge is -2.19. The number of carbonyl (C=O) groups is 2. The molecular formula is C7H10O4. The highest BCUT2D eigenvalue weighted by molar-refractivity contribution is 5.78. The first-order valence-electron chi connectivity index (χ1n) is 3.54.